The smallest absolute Gasteiger partial charge is 0.459 e. The molecule has 0 bridgehead atoms. The van der Waals surface area contributed by atoms with Gasteiger partial charge >= 0.3 is 29.0 Å². The van der Waals surface area contributed by atoms with Crippen molar-refractivity contribution >= 4 is 88.0 Å². The first kappa shape index (κ1) is 36.3. The van der Waals surface area contributed by atoms with Crippen molar-refractivity contribution in [2.24, 2.45) is 9.98 Å². The normalized spacial score (nSPS) is 11.7. The number of nitrogens with zero attached hydrogens (tertiary/aromatic N) is 6. The first-order chi connectivity index (χ1) is 22.3. The molecule has 17 heteroatoms. The molecule has 0 aliphatic rings. The van der Waals surface area contributed by atoms with Gasteiger partial charge < -0.3 is 38.9 Å². The van der Waals surface area contributed by atoms with Crippen LogP contribution in [0.2, 0.25) is 0 Å². The van der Waals surface area contributed by atoms with E-state index in [0.717, 1.165) is 20.4 Å². The number of para-hydroxylation sites is 2. The van der Waals surface area contributed by atoms with Crippen molar-refractivity contribution in [3.63, 3.8) is 0 Å². The van der Waals surface area contributed by atoms with Gasteiger partial charge in [0.05, 0.1) is 33.6 Å². The number of fused-ring (bicyclic) bond motifs is 2. The molecule has 249 valence electrons. The first-order valence-corrected chi connectivity index (χ1v) is 17.0. The van der Waals surface area contributed by atoms with Crippen molar-refractivity contribution in [1.29, 1.82) is 0 Å². The second-order valence-corrected chi connectivity index (χ2v) is 13.2. The Labute approximate surface area is 295 Å². The van der Waals surface area contributed by atoms with E-state index in [2.05, 4.69) is 29.9 Å². The molecular formula is C30H28CuN6O6S4. The van der Waals surface area contributed by atoms with E-state index in [-0.39, 0.29) is 30.3 Å². The van der Waals surface area contributed by atoms with Crippen LogP contribution in [0.5, 0.6) is 0 Å². The summed E-state index contributed by atoms with van der Waals surface area (Å²) in [6, 6.07) is 15.7. The standard InChI is InChI=1S/2C15H15N3O3S2.Cu/c2*1-9-12(13(19)21-8-7-20-2)23-14(16-9)18-15-17-10-5-3-4-6-11(10)22-15;/h2*3-6H,7-8H2,1-2H3,(H,16,17,18,19);/q;;+2/p-2. The topological polar surface area (TPSA) is 150 Å². The third-order valence-electron chi connectivity index (χ3n) is 5.93. The van der Waals surface area contributed by atoms with Crippen molar-refractivity contribution < 1.29 is 45.6 Å². The number of carbonyl (C=O) groups excluding carboxylic acids is 2. The van der Waals surface area contributed by atoms with Crippen LogP contribution in [0.3, 0.4) is 0 Å². The molecule has 47 heavy (non-hydrogen) atoms. The Kier molecular flexibility index (Phi) is 13.6. The van der Waals surface area contributed by atoms with Gasteiger partial charge in [0.15, 0.2) is 0 Å². The molecule has 0 amide bonds. The van der Waals surface area contributed by atoms with E-state index < -0.39 is 11.9 Å². The van der Waals surface area contributed by atoms with Gasteiger partial charge in [0.2, 0.25) is 0 Å². The first-order valence-electron chi connectivity index (χ1n) is 13.8. The maximum atomic E-state index is 12.0. The predicted octanol–water partition coefficient (Wildman–Crippen LogP) is 5.32. The van der Waals surface area contributed by atoms with Crippen LogP contribution in [-0.2, 0) is 36.0 Å². The predicted molar refractivity (Wildman–Crippen MR) is 179 cm³/mol. The number of carbonyl (C=O) groups is 2. The average Bonchev–Trinajstić information content (AvgIpc) is 3.82. The number of hydrogen-bond donors (Lipinski definition) is 0. The van der Waals surface area contributed by atoms with Crippen LogP contribution in [0.15, 0.2) is 58.5 Å². The van der Waals surface area contributed by atoms with Gasteiger partial charge in [0, 0.05) is 23.8 Å². The van der Waals surface area contributed by atoms with Gasteiger partial charge in [0.1, 0.15) is 33.2 Å². The molecule has 0 aliphatic carbocycles. The minimum Gasteiger partial charge on any atom is -0.459 e. The van der Waals surface area contributed by atoms with Gasteiger partial charge in [-0.05, 0) is 49.5 Å². The number of ether oxygens (including phenoxy) is 4. The van der Waals surface area contributed by atoms with Crippen molar-refractivity contribution in [1.82, 2.24) is 19.9 Å². The van der Waals surface area contributed by atoms with Gasteiger partial charge in [-0.2, -0.15) is 0 Å². The van der Waals surface area contributed by atoms with E-state index in [0.29, 0.717) is 54.2 Å². The summed E-state index contributed by atoms with van der Waals surface area (Å²) in [6.07, 6.45) is 0. The summed E-state index contributed by atoms with van der Waals surface area (Å²) >= 11 is 5.39. The number of thiazole rings is 4. The third-order valence-corrected chi connectivity index (χ3v) is 9.85. The summed E-state index contributed by atoms with van der Waals surface area (Å²) in [7, 11) is 3.11. The summed E-state index contributed by atoms with van der Waals surface area (Å²) < 4.78 is 22.1. The van der Waals surface area contributed by atoms with Gasteiger partial charge in [-0.1, -0.05) is 24.3 Å². The molecule has 0 atom stereocenters. The largest absolute Gasteiger partial charge is 2.00 e. The van der Waals surface area contributed by atoms with Crippen LogP contribution < -0.4 is 19.6 Å². The Hall–Kier alpha value is -3.54. The number of esters is 2. The Bertz CT molecular complexity index is 1880. The monoisotopic (exact) mass is 759 g/mol. The van der Waals surface area contributed by atoms with Crippen LogP contribution >= 0.6 is 45.3 Å². The number of methoxy groups -OCH3 is 2. The molecule has 0 aliphatic heterocycles. The van der Waals surface area contributed by atoms with Crippen molar-refractivity contribution in [2.75, 3.05) is 40.6 Å². The minimum absolute atomic E-state index is 0. The minimum atomic E-state index is -0.400. The maximum Gasteiger partial charge on any atom is 2.00 e. The van der Waals surface area contributed by atoms with Crippen LogP contribution in [0.4, 0.5) is 10.3 Å². The summed E-state index contributed by atoms with van der Waals surface area (Å²) in [5.74, 6) is -0.800. The fourth-order valence-electron chi connectivity index (χ4n) is 3.78. The van der Waals surface area contributed by atoms with E-state index in [4.69, 9.17) is 18.9 Å². The summed E-state index contributed by atoms with van der Waals surface area (Å²) in [6.45, 7) is 4.70. The number of rotatable bonds is 10. The quantitative estimate of drug-likeness (QED) is 0.102. The summed E-state index contributed by atoms with van der Waals surface area (Å²) in [4.78, 5) is 52.2. The fourth-order valence-corrected chi connectivity index (χ4v) is 7.24. The number of benzene rings is 2. The number of hydrogen-bond acceptors (Lipinski definition) is 14. The summed E-state index contributed by atoms with van der Waals surface area (Å²) in [5, 5.41) is 1.25. The van der Waals surface area contributed by atoms with Gasteiger partial charge in [-0.15, -0.1) is 45.3 Å². The summed E-state index contributed by atoms with van der Waals surface area (Å²) in [5.41, 5.74) is 3.03. The zero-order chi connectivity index (χ0) is 32.5. The average molecular weight is 760 g/mol. The Balaban J connectivity index is 0.000000208. The third kappa shape index (κ3) is 9.74. The molecule has 0 saturated heterocycles. The zero-order valence-electron chi connectivity index (χ0n) is 25.5. The van der Waals surface area contributed by atoms with Crippen LogP contribution in [-0.4, -0.2) is 62.6 Å². The van der Waals surface area contributed by atoms with Crippen molar-refractivity contribution in [3.05, 3.63) is 79.3 Å². The number of aromatic nitrogens is 4. The zero-order valence-corrected chi connectivity index (χ0v) is 29.7. The molecule has 0 fully saturated rings. The maximum absolute atomic E-state index is 12.0. The van der Waals surface area contributed by atoms with E-state index in [1.165, 1.54) is 45.3 Å². The van der Waals surface area contributed by atoms with E-state index in [9.17, 15) is 9.59 Å². The molecule has 4 aromatic heterocycles. The molecule has 1 radical (unpaired) electrons. The van der Waals surface area contributed by atoms with E-state index >= 15 is 0 Å². The second kappa shape index (κ2) is 17.6. The van der Waals surface area contributed by atoms with Crippen molar-refractivity contribution in [3.8, 4) is 0 Å². The molecule has 4 heterocycles. The molecule has 12 nitrogen and oxygen atoms in total. The van der Waals surface area contributed by atoms with E-state index in [1.54, 1.807) is 28.1 Å². The molecule has 0 unspecified atom stereocenters. The van der Waals surface area contributed by atoms with Crippen LogP contribution in [0, 0.1) is 13.8 Å². The second-order valence-electron chi connectivity index (χ2n) is 9.23. The van der Waals surface area contributed by atoms with Gasteiger partial charge in [0.25, 0.3) is 0 Å². The van der Waals surface area contributed by atoms with Crippen LogP contribution in [0.1, 0.15) is 30.7 Å². The van der Waals surface area contributed by atoms with Gasteiger partial charge in [-0.25, -0.2) is 19.6 Å². The van der Waals surface area contributed by atoms with Crippen molar-refractivity contribution in [2.45, 2.75) is 13.8 Å². The Morgan fingerprint density at radius 3 is 1.45 bits per heavy atom. The molecule has 0 spiro atoms. The molecule has 6 rings (SSSR count). The molecule has 0 N–H and O–H groups in total. The molecule has 2 aromatic carbocycles. The Morgan fingerprint density at radius 1 is 0.660 bits per heavy atom. The van der Waals surface area contributed by atoms with E-state index in [1.807, 2.05) is 48.5 Å². The fraction of sp³-hybridized carbons (Fsp3) is 0.267. The molecule has 0 saturated carbocycles. The SMILES string of the molecule is COCCOC(=O)c1s/c(=N/c2nc3ccccc3s2)[n-]c1C.COCCOC(=O)c1s/c(=N/c2nc3ccccc3s2)[n-]c1C.[Cu+2]. The Morgan fingerprint density at radius 2 is 1.06 bits per heavy atom. The molecule has 6 aromatic rings. The van der Waals surface area contributed by atoms with Crippen LogP contribution in [0.25, 0.3) is 20.4 Å². The van der Waals surface area contributed by atoms with Gasteiger partial charge in [-0.3, -0.25) is 0 Å². The molecular weight excluding hydrogens is 732 g/mol. The number of aryl methyl sites for hydroxylation is 2.